The van der Waals surface area contributed by atoms with E-state index >= 15 is 0 Å². The van der Waals surface area contributed by atoms with Gasteiger partial charge >= 0.3 is 0 Å². The molecule has 7 heteroatoms. The van der Waals surface area contributed by atoms with Gasteiger partial charge < -0.3 is 15.0 Å². The molecule has 1 saturated heterocycles. The number of phenols is 1. The first-order valence-electron chi connectivity index (χ1n) is 11.7. The van der Waals surface area contributed by atoms with Crippen LogP contribution in [0.5, 0.6) is 5.75 Å². The number of fused-ring (bicyclic) bond motifs is 2. The Balaban J connectivity index is 1.67. The summed E-state index contributed by atoms with van der Waals surface area (Å²) in [6.45, 7) is 5.19. The van der Waals surface area contributed by atoms with Crippen molar-refractivity contribution in [1.29, 1.82) is 0 Å². The van der Waals surface area contributed by atoms with Gasteiger partial charge in [-0.25, -0.2) is 8.42 Å². The molecule has 0 spiro atoms. The molecule has 178 valence electrons. The maximum Gasteiger partial charge on any atom is 0.267 e. The van der Waals surface area contributed by atoms with Crippen molar-refractivity contribution in [2.45, 2.75) is 54.4 Å². The highest BCUT2D eigenvalue weighted by molar-refractivity contribution is 7.91. The number of nitrogens with zero attached hydrogens (tertiary/aromatic N) is 1. The number of aromatic nitrogens is 1. The maximum atomic E-state index is 13.3. The van der Waals surface area contributed by atoms with Crippen LogP contribution in [-0.2, 0) is 28.1 Å². The third kappa shape index (κ3) is 3.49. The highest BCUT2D eigenvalue weighted by Gasteiger charge is 2.50. The first-order valence-corrected chi connectivity index (χ1v) is 13.2. The SMILES string of the molecule is Cc1ccc(O)cc1[C@]12CCN(C)[C@H](C)[C@@H]1Cc1cc(S(=O)(=O)c3ccccc3)c(=O)[nH]c1C2. The lowest BCUT2D eigenvalue weighted by atomic mass is 9.56. The molecule has 1 aromatic heterocycles. The van der Waals surface area contributed by atoms with Gasteiger partial charge in [-0.15, -0.1) is 0 Å². The lowest BCUT2D eigenvalue weighted by molar-refractivity contribution is 0.0447. The summed E-state index contributed by atoms with van der Waals surface area (Å²) >= 11 is 0. The summed E-state index contributed by atoms with van der Waals surface area (Å²) in [4.78, 5) is 18.3. The zero-order valence-corrected chi connectivity index (χ0v) is 20.5. The van der Waals surface area contributed by atoms with E-state index in [1.54, 1.807) is 30.3 Å². The summed E-state index contributed by atoms with van der Waals surface area (Å²) in [5, 5.41) is 10.3. The van der Waals surface area contributed by atoms with Crippen molar-refractivity contribution < 1.29 is 13.5 Å². The number of piperidine rings is 1. The third-order valence-corrected chi connectivity index (χ3v) is 9.89. The van der Waals surface area contributed by atoms with E-state index in [9.17, 15) is 18.3 Å². The Kier molecular flexibility index (Phi) is 5.45. The van der Waals surface area contributed by atoms with Gasteiger partial charge in [-0.3, -0.25) is 4.79 Å². The predicted molar refractivity (Wildman–Crippen MR) is 131 cm³/mol. The van der Waals surface area contributed by atoms with Gasteiger partial charge in [0.1, 0.15) is 10.6 Å². The number of aryl methyl sites for hydroxylation is 1. The van der Waals surface area contributed by atoms with E-state index in [4.69, 9.17) is 0 Å². The molecule has 6 nitrogen and oxygen atoms in total. The Bertz CT molecular complexity index is 1410. The number of hydrogen-bond acceptors (Lipinski definition) is 5. The minimum Gasteiger partial charge on any atom is -0.508 e. The Hall–Kier alpha value is -2.90. The lowest BCUT2D eigenvalue weighted by Crippen LogP contribution is -2.57. The van der Waals surface area contributed by atoms with Crippen LogP contribution in [0, 0.1) is 12.8 Å². The van der Waals surface area contributed by atoms with Crippen LogP contribution in [0.1, 0.15) is 35.7 Å². The van der Waals surface area contributed by atoms with Crippen LogP contribution >= 0.6 is 0 Å². The fourth-order valence-electron chi connectivity index (χ4n) is 6.10. The topological polar surface area (TPSA) is 90.5 Å². The minimum atomic E-state index is -3.92. The van der Waals surface area contributed by atoms with Crippen LogP contribution in [0.4, 0.5) is 0 Å². The van der Waals surface area contributed by atoms with Crippen LogP contribution in [0.15, 0.2) is 69.2 Å². The van der Waals surface area contributed by atoms with Gasteiger partial charge in [0, 0.05) is 17.2 Å². The summed E-state index contributed by atoms with van der Waals surface area (Å²) in [6, 6.07) is 15.5. The molecule has 0 unspecified atom stereocenters. The first-order chi connectivity index (χ1) is 16.1. The maximum absolute atomic E-state index is 13.3. The van der Waals surface area contributed by atoms with Crippen LogP contribution < -0.4 is 5.56 Å². The highest BCUT2D eigenvalue weighted by atomic mass is 32.2. The summed E-state index contributed by atoms with van der Waals surface area (Å²) < 4.78 is 26.5. The molecule has 2 aliphatic rings. The van der Waals surface area contributed by atoms with E-state index in [1.807, 2.05) is 12.1 Å². The van der Waals surface area contributed by atoms with Crippen molar-refractivity contribution in [2.24, 2.45) is 5.92 Å². The Morgan fingerprint density at radius 3 is 2.59 bits per heavy atom. The molecule has 5 rings (SSSR count). The van der Waals surface area contributed by atoms with E-state index in [2.05, 4.69) is 30.8 Å². The van der Waals surface area contributed by atoms with Crippen LogP contribution in [0.2, 0.25) is 0 Å². The van der Waals surface area contributed by atoms with Gasteiger partial charge in [0.25, 0.3) is 5.56 Å². The fourth-order valence-corrected chi connectivity index (χ4v) is 7.47. The number of rotatable bonds is 3. The molecule has 3 aromatic rings. The minimum absolute atomic E-state index is 0.117. The number of pyridine rings is 1. The van der Waals surface area contributed by atoms with E-state index in [1.165, 1.54) is 12.1 Å². The van der Waals surface area contributed by atoms with Gasteiger partial charge in [-0.1, -0.05) is 24.3 Å². The standard InChI is InChI=1S/C27H30N2O4S/c1-17-9-10-20(30)15-22(17)27-11-12-29(3)18(2)23(27)13-19-14-25(26(31)28-24(19)16-27)34(32,33)21-7-5-4-6-8-21/h4-10,14-15,18,23,30H,11-13,16H2,1-3H3,(H,28,31)/t18-,23+,27-/m1/s1. The predicted octanol–water partition coefficient (Wildman–Crippen LogP) is 3.60. The summed E-state index contributed by atoms with van der Waals surface area (Å²) in [6.07, 6.45) is 2.16. The number of H-pyrrole nitrogens is 1. The molecule has 2 heterocycles. The van der Waals surface area contributed by atoms with E-state index in [-0.39, 0.29) is 32.9 Å². The Morgan fingerprint density at radius 2 is 1.85 bits per heavy atom. The molecule has 2 N–H and O–H groups in total. The average Bonchev–Trinajstić information content (AvgIpc) is 2.82. The molecule has 3 atom stereocenters. The molecule has 1 aliphatic heterocycles. The van der Waals surface area contributed by atoms with Crippen LogP contribution in [0.3, 0.4) is 0 Å². The van der Waals surface area contributed by atoms with Crippen molar-refractivity contribution >= 4 is 9.84 Å². The largest absolute Gasteiger partial charge is 0.508 e. The second-order valence-corrected chi connectivity index (χ2v) is 11.8. The molecular formula is C27H30N2O4S. The summed E-state index contributed by atoms with van der Waals surface area (Å²) in [7, 11) is -1.80. The van der Waals surface area contributed by atoms with Crippen molar-refractivity contribution in [3.63, 3.8) is 0 Å². The van der Waals surface area contributed by atoms with E-state index in [0.29, 0.717) is 12.8 Å². The number of likely N-dealkylation sites (tertiary alicyclic amines) is 1. The monoisotopic (exact) mass is 478 g/mol. The van der Waals surface area contributed by atoms with Crippen molar-refractivity contribution in [3.8, 4) is 5.75 Å². The number of sulfone groups is 1. The van der Waals surface area contributed by atoms with Crippen LogP contribution in [-0.4, -0.2) is 43.0 Å². The van der Waals surface area contributed by atoms with Crippen LogP contribution in [0.25, 0.3) is 0 Å². The average molecular weight is 479 g/mol. The molecule has 0 amide bonds. The van der Waals surface area contributed by atoms with Gasteiger partial charge in [-0.05, 0) is 99.6 Å². The summed E-state index contributed by atoms with van der Waals surface area (Å²) in [5.41, 5.74) is 3.09. The number of nitrogens with one attached hydrogen (secondary N) is 1. The quantitative estimate of drug-likeness (QED) is 0.600. The van der Waals surface area contributed by atoms with E-state index in [0.717, 1.165) is 35.3 Å². The molecule has 0 saturated carbocycles. The van der Waals surface area contributed by atoms with Crippen molar-refractivity contribution in [2.75, 3.05) is 13.6 Å². The molecule has 1 fully saturated rings. The normalized spacial score (nSPS) is 24.9. The van der Waals surface area contributed by atoms with Gasteiger partial charge in [0.15, 0.2) is 0 Å². The number of benzene rings is 2. The first kappa shape index (κ1) is 22.9. The number of hydrogen-bond donors (Lipinski definition) is 2. The smallest absolute Gasteiger partial charge is 0.267 e. The number of aromatic amines is 1. The number of aromatic hydroxyl groups is 1. The fraction of sp³-hybridized carbons (Fsp3) is 0.370. The van der Waals surface area contributed by atoms with Gasteiger partial charge in [-0.2, -0.15) is 0 Å². The summed E-state index contributed by atoms with van der Waals surface area (Å²) in [5.74, 6) is 0.446. The van der Waals surface area contributed by atoms with Gasteiger partial charge in [0.05, 0.1) is 4.90 Å². The Labute approximate surface area is 200 Å². The lowest BCUT2D eigenvalue weighted by Gasteiger charge is -2.54. The molecule has 0 radical (unpaired) electrons. The third-order valence-electron chi connectivity index (χ3n) is 8.11. The molecule has 2 aromatic carbocycles. The molecule has 1 aliphatic carbocycles. The second-order valence-electron chi connectivity index (χ2n) is 9.90. The zero-order chi connectivity index (χ0) is 24.3. The Morgan fingerprint density at radius 1 is 1.12 bits per heavy atom. The molecule has 0 bridgehead atoms. The molecule has 34 heavy (non-hydrogen) atoms. The van der Waals surface area contributed by atoms with Crippen molar-refractivity contribution in [3.05, 3.63) is 87.3 Å². The van der Waals surface area contributed by atoms with Gasteiger partial charge in [0.2, 0.25) is 9.84 Å². The zero-order valence-electron chi connectivity index (χ0n) is 19.7. The second kappa shape index (κ2) is 8.10. The van der Waals surface area contributed by atoms with E-state index < -0.39 is 15.4 Å². The number of phenolic OH excluding ortho intramolecular Hbond substituents is 1. The van der Waals surface area contributed by atoms with Crippen molar-refractivity contribution in [1.82, 2.24) is 9.88 Å². The molecular weight excluding hydrogens is 448 g/mol. The highest BCUT2D eigenvalue weighted by Crippen LogP contribution is 2.50.